The van der Waals surface area contributed by atoms with Crippen molar-refractivity contribution in [3.8, 4) is 0 Å². The largest absolute Gasteiger partial charge is 0.370 e. The lowest BCUT2D eigenvalue weighted by molar-refractivity contribution is -0.126. The fourth-order valence-corrected chi connectivity index (χ4v) is 4.68. The van der Waals surface area contributed by atoms with Gasteiger partial charge in [-0.25, -0.2) is 0 Å². The van der Waals surface area contributed by atoms with Gasteiger partial charge < -0.3 is 9.47 Å². The quantitative estimate of drug-likeness (QED) is 0.725. The molecule has 0 saturated carbocycles. The Morgan fingerprint density at radius 3 is 2.70 bits per heavy atom. The molecule has 2 bridgehead atoms. The maximum atomic E-state index is 12.4. The second kappa shape index (κ2) is 3.60. The smallest absolute Gasteiger partial charge is 0.162 e. The van der Waals surface area contributed by atoms with Crippen molar-refractivity contribution in [3.63, 3.8) is 0 Å². The minimum atomic E-state index is -0.272. The van der Waals surface area contributed by atoms with Crippen molar-refractivity contribution in [1.82, 2.24) is 0 Å². The average Bonchev–Trinajstić information content (AvgIpc) is 3.18. The van der Waals surface area contributed by atoms with Gasteiger partial charge in [0.25, 0.3) is 0 Å². The predicted molar refractivity (Wildman–Crippen MR) is 72.1 cm³/mol. The van der Waals surface area contributed by atoms with E-state index >= 15 is 0 Å². The molecule has 5 atom stereocenters. The maximum Gasteiger partial charge on any atom is 0.162 e. The Balaban J connectivity index is 1.70. The third-order valence-electron chi connectivity index (χ3n) is 5.45. The Hall–Kier alpha value is -1.45. The van der Waals surface area contributed by atoms with Crippen molar-refractivity contribution in [2.24, 2.45) is 11.8 Å². The molecule has 4 unspecified atom stereocenters. The Morgan fingerprint density at radius 1 is 1.15 bits per heavy atom. The molecule has 0 N–H and O–H groups in total. The highest BCUT2D eigenvalue weighted by atomic mass is 16.5. The minimum Gasteiger partial charge on any atom is -0.370 e. The van der Waals surface area contributed by atoms with Crippen LogP contribution < -0.4 is 0 Å². The van der Waals surface area contributed by atoms with Crippen LogP contribution in [0.3, 0.4) is 0 Å². The lowest BCUT2D eigenvalue weighted by Crippen LogP contribution is -2.47. The first-order valence-electron chi connectivity index (χ1n) is 7.41. The van der Waals surface area contributed by atoms with Gasteiger partial charge in [0.15, 0.2) is 5.78 Å². The zero-order chi connectivity index (χ0) is 13.3. The SMILES string of the molecule is O=C1C=C[C@]2(CCCO2)C2C3OC(c4ccccc43)C12. The number of benzene rings is 1. The van der Waals surface area contributed by atoms with E-state index in [1.54, 1.807) is 6.08 Å². The molecule has 5 rings (SSSR count). The molecule has 3 nitrogen and oxygen atoms in total. The molecule has 1 spiro atoms. The van der Waals surface area contributed by atoms with Crippen LogP contribution in [-0.4, -0.2) is 18.0 Å². The highest BCUT2D eigenvalue weighted by molar-refractivity contribution is 5.94. The van der Waals surface area contributed by atoms with Crippen molar-refractivity contribution in [2.75, 3.05) is 6.61 Å². The number of ketones is 1. The van der Waals surface area contributed by atoms with Gasteiger partial charge in [0.05, 0.1) is 23.7 Å². The second-order valence-corrected chi connectivity index (χ2v) is 6.30. The standard InChI is InChI=1S/C17H16O3/c18-12-6-8-17(7-3-9-19-17)14-13(12)15-10-4-1-2-5-11(10)16(14)20-15/h1-2,4-6,8,13-16H,3,7,9H2/t13?,14?,15?,16?,17-/m1/s1. The first kappa shape index (κ1) is 11.2. The third kappa shape index (κ3) is 1.17. The van der Waals surface area contributed by atoms with Crippen LogP contribution in [0.4, 0.5) is 0 Å². The van der Waals surface area contributed by atoms with E-state index in [-0.39, 0.29) is 35.4 Å². The molecule has 0 aromatic heterocycles. The van der Waals surface area contributed by atoms with Crippen molar-refractivity contribution >= 4 is 5.78 Å². The summed E-state index contributed by atoms with van der Waals surface area (Å²) in [5.41, 5.74) is 2.19. The summed E-state index contributed by atoms with van der Waals surface area (Å²) in [6.45, 7) is 0.792. The van der Waals surface area contributed by atoms with Crippen LogP contribution in [0.5, 0.6) is 0 Å². The van der Waals surface area contributed by atoms with E-state index in [0.29, 0.717) is 0 Å². The Bertz CT molecular complexity index is 627. The molecular weight excluding hydrogens is 252 g/mol. The van der Waals surface area contributed by atoms with E-state index in [2.05, 4.69) is 18.2 Å². The molecule has 4 aliphatic rings. The zero-order valence-corrected chi connectivity index (χ0v) is 11.1. The van der Waals surface area contributed by atoms with E-state index in [4.69, 9.17) is 9.47 Å². The molecule has 1 aromatic carbocycles. The van der Waals surface area contributed by atoms with Crippen LogP contribution in [0.1, 0.15) is 36.2 Å². The lowest BCUT2D eigenvalue weighted by Gasteiger charge is -2.42. The molecule has 20 heavy (non-hydrogen) atoms. The minimum absolute atomic E-state index is 0.0215. The van der Waals surface area contributed by atoms with Gasteiger partial charge in [0.1, 0.15) is 0 Å². The Kier molecular flexibility index (Phi) is 2.02. The van der Waals surface area contributed by atoms with E-state index in [1.807, 2.05) is 12.1 Å². The predicted octanol–water partition coefficient (Wildman–Crippen LogP) is 2.73. The molecule has 1 aliphatic carbocycles. The van der Waals surface area contributed by atoms with Gasteiger partial charge in [0.2, 0.25) is 0 Å². The number of allylic oxidation sites excluding steroid dienone is 1. The maximum absolute atomic E-state index is 12.4. The summed E-state index contributed by atoms with van der Waals surface area (Å²) in [5.74, 6) is 0.304. The first-order valence-corrected chi connectivity index (χ1v) is 7.41. The van der Waals surface area contributed by atoms with Crippen LogP contribution >= 0.6 is 0 Å². The normalized spacial score (nSPS) is 44.1. The van der Waals surface area contributed by atoms with Crippen molar-refractivity contribution in [2.45, 2.75) is 30.7 Å². The Labute approximate surface area is 117 Å². The summed E-state index contributed by atoms with van der Waals surface area (Å²) < 4.78 is 12.3. The summed E-state index contributed by atoms with van der Waals surface area (Å²) in [4.78, 5) is 12.4. The van der Waals surface area contributed by atoms with Gasteiger partial charge in [-0.1, -0.05) is 24.3 Å². The number of carbonyl (C=O) groups excluding carboxylic acids is 1. The van der Waals surface area contributed by atoms with Crippen LogP contribution in [-0.2, 0) is 14.3 Å². The number of fused-ring (bicyclic) bond motifs is 9. The number of ether oxygens (including phenoxy) is 2. The topological polar surface area (TPSA) is 35.5 Å². The second-order valence-electron chi connectivity index (χ2n) is 6.30. The van der Waals surface area contributed by atoms with E-state index in [0.717, 1.165) is 19.4 Å². The highest BCUT2D eigenvalue weighted by Gasteiger charge is 2.63. The molecule has 3 aliphatic heterocycles. The van der Waals surface area contributed by atoms with Crippen LogP contribution in [0.15, 0.2) is 36.4 Å². The molecule has 2 fully saturated rings. The lowest BCUT2D eigenvalue weighted by atomic mass is 9.63. The molecule has 3 heteroatoms. The summed E-state index contributed by atoms with van der Waals surface area (Å²) in [5, 5.41) is 0. The first-order chi connectivity index (χ1) is 9.80. The molecule has 3 heterocycles. The van der Waals surface area contributed by atoms with Crippen molar-refractivity contribution in [1.29, 1.82) is 0 Å². The van der Waals surface area contributed by atoms with Crippen LogP contribution in [0.2, 0.25) is 0 Å². The fraction of sp³-hybridized carbons (Fsp3) is 0.471. The highest BCUT2D eigenvalue weighted by Crippen LogP contribution is 2.63. The van der Waals surface area contributed by atoms with Crippen molar-refractivity contribution < 1.29 is 14.3 Å². The average molecular weight is 268 g/mol. The van der Waals surface area contributed by atoms with Gasteiger partial charge >= 0.3 is 0 Å². The summed E-state index contributed by atoms with van der Waals surface area (Å²) in [6.07, 6.45) is 5.77. The summed E-state index contributed by atoms with van der Waals surface area (Å²) in [7, 11) is 0. The number of hydrogen-bond donors (Lipinski definition) is 0. The Morgan fingerprint density at radius 2 is 1.95 bits per heavy atom. The van der Waals surface area contributed by atoms with Crippen molar-refractivity contribution in [3.05, 3.63) is 47.5 Å². The number of hydrogen-bond acceptors (Lipinski definition) is 3. The number of carbonyl (C=O) groups is 1. The van der Waals surface area contributed by atoms with E-state index in [1.165, 1.54) is 11.1 Å². The molecule has 0 amide bonds. The molecular formula is C17H16O3. The van der Waals surface area contributed by atoms with Gasteiger partial charge in [-0.15, -0.1) is 0 Å². The van der Waals surface area contributed by atoms with Gasteiger partial charge in [-0.3, -0.25) is 4.79 Å². The van der Waals surface area contributed by atoms with Crippen LogP contribution in [0, 0.1) is 11.8 Å². The van der Waals surface area contributed by atoms with E-state index in [9.17, 15) is 4.79 Å². The molecule has 0 radical (unpaired) electrons. The summed E-state index contributed by atoms with van der Waals surface area (Å²) in [6, 6.07) is 8.33. The monoisotopic (exact) mass is 268 g/mol. The molecule has 1 aromatic rings. The number of rotatable bonds is 0. The van der Waals surface area contributed by atoms with E-state index < -0.39 is 0 Å². The third-order valence-corrected chi connectivity index (χ3v) is 5.45. The fourth-order valence-electron chi connectivity index (χ4n) is 4.68. The van der Waals surface area contributed by atoms with Crippen LogP contribution in [0.25, 0.3) is 0 Å². The zero-order valence-electron chi connectivity index (χ0n) is 11.1. The summed E-state index contributed by atoms with van der Waals surface area (Å²) >= 11 is 0. The molecule has 102 valence electrons. The molecule has 2 saturated heterocycles. The van der Waals surface area contributed by atoms with Gasteiger partial charge in [0, 0.05) is 12.5 Å². The van der Waals surface area contributed by atoms with Gasteiger partial charge in [-0.05, 0) is 36.1 Å². The van der Waals surface area contributed by atoms with Gasteiger partial charge in [-0.2, -0.15) is 0 Å².